The molecule has 0 aromatic heterocycles. The van der Waals surface area contributed by atoms with E-state index in [1.807, 2.05) is 24.3 Å². The number of hydrogen-bond donors (Lipinski definition) is 1. The molecule has 1 amide bonds. The van der Waals surface area contributed by atoms with Crippen LogP contribution in [0.5, 0.6) is 11.5 Å². The molecule has 2 saturated heterocycles. The Balaban J connectivity index is 1.23. The number of nitrogens with zero attached hydrogens (tertiary/aromatic N) is 2. The molecule has 184 valence electrons. The maximum absolute atomic E-state index is 12.9. The van der Waals surface area contributed by atoms with Crippen LogP contribution >= 0.6 is 23.2 Å². The van der Waals surface area contributed by atoms with Crippen LogP contribution in [0.4, 0.5) is 0 Å². The van der Waals surface area contributed by atoms with Crippen molar-refractivity contribution < 1.29 is 19.4 Å². The number of ether oxygens (including phenoxy) is 2. The van der Waals surface area contributed by atoms with Gasteiger partial charge in [0.05, 0.1) is 16.7 Å². The predicted molar refractivity (Wildman–Crippen MR) is 134 cm³/mol. The first-order chi connectivity index (χ1) is 16.3. The zero-order valence-corrected chi connectivity index (χ0v) is 21.0. The van der Waals surface area contributed by atoms with Crippen molar-refractivity contribution in [2.45, 2.75) is 31.3 Å². The van der Waals surface area contributed by atoms with Crippen LogP contribution in [-0.4, -0.2) is 72.9 Å². The van der Waals surface area contributed by atoms with Crippen molar-refractivity contribution in [2.75, 3.05) is 46.4 Å². The van der Waals surface area contributed by atoms with E-state index in [1.165, 1.54) is 0 Å². The van der Waals surface area contributed by atoms with Crippen molar-refractivity contribution in [1.29, 1.82) is 0 Å². The van der Waals surface area contributed by atoms with Crippen molar-refractivity contribution in [3.8, 4) is 11.5 Å². The molecule has 0 bridgehead atoms. The van der Waals surface area contributed by atoms with Gasteiger partial charge in [0.15, 0.2) is 0 Å². The summed E-state index contributed by atoms with van der Waals surface area (Å²) in [5, 5.41) is 11.8. The molecule has 0 saturated carbocycles. The van der Waals surface area contributed by atoms with Crippen LogP contribution in [0.3, 0.4) is 0 Å². The van der Waals surface area contributed by atoms with Gasteiger partial charge in [-0.3, -0.25) is 4.79 Å². The molecule has 2 fully saturated rings. The number of halogens is 2. The summed E-state index contributed by atoms with van der Waals surface area (Å²) in [6.45, 7) is 4.03. The van der Waals surface area contributed by atoms with Gasteiger partial charge in [-0.15, -0.1) is 0 Å². The van der Waals surface area contributed by atoms with Crippen molar-refractivity contribution in [2.24, 2.45) is 5.92 Å². The second-order valence-corrected chi connectivity index (χ2v) is 10.3. The molecule has 4 rings (SSSR count). The maximum Gasteiger partial charge on any atom is 0.253 e. The Hall–Kier alpha value is -1.99. The van der Waals surface area contributed by atoms with E-state index in [0.717, 1.165) is 38.3 Å². The molecular weight excluding hydrogens is 475 g/mol. The van der Waals surface area contributed by atoms with Gasteiger partial charge in [-0.05, 0) is 88.1 Å². The van der Waals surface area contributed by atoms with Gasteiger partial charge >= 0.3 is 0 Å². The Morgan fingerprint density at radius 1 is 0.971 bits per heavy atom. The zero-order chi connectivity index (χ0) is 24.1. The van der Waals surface area contributed by atoms with Gasteiger partial charge in [0.2, 0.25) is 0 Å². The van der Waals surface area contributed by atoms with Gasteiger partial charge in [-0.1, -0.05) is 23.2 Å². The van der Waals surface area contributed by atoms with E-state index in [2.05, 4.69) is 11.9 Å². The fourth-order valence-electron chi connectivity index (χ4n) is 4.37. The lowest BCUT2D eigenvalue weighted by Gasteiger charge is -2.38. The van der Waals surface area contributed by atoms with E-state index in [1.54, 1.807) is 23.1 Å². The second kappa shape index (κ2) is 11.2. The van der Waals surface area contributed by atoms with E-state index < -0.39 is 5.60 Å². The number of amides is 1. The summed E-state index contributed by atoms with van der Waals surface area (Å²) in [5.41, 5.74) is -0.363. The molecule has 1 N–H and O–H groups in total. The number of rotatable bonds is 7. The molecule has 0 unspecified atom stereocenters. The summed E-state index contributed by atoms with van der Waals surface area (Å²) in [6.07, 6.45) is 3.20. The first-order valence-corrected chi connectivity index (χ1v) is 12.6. The highest BCUT2D eigenvalue weighted by atomic mass is 35.5. The smallest absolute Gasteiger partial charge is 0.253 e. The SMILES string of the molecule is CN1CCC(COc2ccc(C(=O)N3CCC(O)(COc4ccc(Cl)c(Cl)c4)CC3)cc2)CC1. The van der Waals surface area contributed by atoms with Crippen molar-refractivity contribution >= 4 is 29.1 Å². The molecule has 2 heterocycles. The minimum Gasteiger partial charge on any atom is -0.493 e. The Morgan fingerprint density at radius 3 is 2.26 bits per heavy atom. The number of carbonyl (C=O) groups is 1. The Bertz CT molecular complexity index is 969. The van der Waals surface area contributed by atoms with Crippen molar-refractivity contribution in [1.82, 2.24) is 9.80 Å². The predicted octanol–water partition coefficient (Wildman–Crippen LogP) is 4.76. The van der Waals surface area contributed by atoms with E-state index in [-0.39, 0.29) is 12.5 Å². The Kier molecular flexibility index (Phi) is 8.25. The lowest BCUT2D eigenvalue weighted by atomic mass is 9.92. The summed E-state index contributed by atoms with van der Waals surface area (Å²) in [5.74, 6) is 1.90. The summed E-state index contributed by atoms with van der Waals surface area (Å²) >= 11 is 12.0. The highest BCUT2D eigenvalue weighted by molar-refractivity contribution is 6.42. The monoisotopic (exact) mass is 506 g/mol. The molecule has 0 radical (unpaired) electrons. The largest absolute Gasteiger partial charge is 0.493 e. The number of benzene rings is 2. The summed E-state index contributed by atoms with van der Waals surface area (Å²) in [7, 11) is 2.15. The van der Waals surface area contributed by atoms with Gasteiger partial charge in [-0.25, -0.2) is 0 Å². The number of carbonyl (C=O) groups excluding carboxylic acids is 1. The summed E-state index contributed by atoms with van der Waals surface area (Å²) in [6, 6.07) is 12.4. The summed E-state index contributed by atoms with van der Waals surface area (Å²) < 4.78 is 11.7. The zero-order valence-electron chi connectivity index (χ0n) is 19.5. The van der Waals surface area contributed by atoms with Gasteiger partial charge in [-0.2, -0.15) is 0 Å². The molecule has 0 spiro atoms. The average molecular weight is 507 g/mol. The van der Waals surface area contributed by atoms with Crippen LogP contribution in [-0.2, 0) is 0 Å². The third kappa shape index (κ3) is 6.57. The molecular formula is C26H32Cl2N2O4. The number of piperidine rings is 2. The average Bonchev–Trinajstić information content (AvgIpc) is 2.85. The molecule has 2 aromatic carbocycles. The van der Waals surface area contributed by atoms with Gasteiger partial charge in [0.1, 0.15) is 23.7 Å². The van der Waals surface area contributed by atoms with Crippen LogP contribution in [0.15, 0.2) is 42.5 Å². The molecule has 34 heavy (non-hydrogen) atoms. The van der Waals surface area contributed by atoms with E-state index in [0.29, 0.717) is 53.2 Å². The van der Waals surface area contributed by atoms with Crippen LogP contribution in [0.1, 0.15) is 36.0 Å². The first-order valence-electron chi connectivity index (χ1n) is 11.8. The lowest BCUT2D eigenvalue weighted by Crippen LogP contribution is -2.49. The Labute approximate surface area is 211 Å². The van der Waals surface area contributed by atoms with E-state index in [9.17, 15) is 9.90 Å². The third-order valence-corrected chi connectivity index (χ3v) is 7.54. The quantitative estimate of drug-likeness (QED) is 0.586. The fourth-order valence-corrected chi connectivity index (χ4v) is 4.66. The lowest BCUT2D eigenvalue weighted by molar-refractivity contribution is -0.0475. The maximum atomic E-state index is 12.9. The standard InChI is InChI=1S/C26H32Cl2N2O4/c1-29-12-8-19(9-13-29)17-33-21-4-2-20(3-5-21)25(31)30-14-10-26(32,11-15-30)18-34-22-6-7-23(27)24(28)16-22/h2-7,16,19,32H,8-15,17-18H2,1H3. The van der Waals surface area contributed by atoms with Crippen LogP contribution in [0.2, 0.25) is 10.0 Å². The topological polar surface area (TPSA) is 62.2 Å². The number of likely N-dealkylation sites (tertiary alicyclic amines) is 2. The second-order valence-electron chi connectivity index (χ2n) is 9.46. The molecule has 6 nitrogen and oxygen atoms in total. The van der Waals surface area contributed by atoms with Gasteiger partial charge < -0.3 is 24.4 Å². The normalized spacial score (nSPS) is 19.1. The minimum atomic E-state index is -0.992. The molecule has 0 aliphatic carbocycles. The van der Waals surface area contributed by atoms with Crippen LogP contribution in [0, 0.1) is 5.92 Å². The third-order valence-electron chi connectivity index (χ3n) is 6.81. The first kappa shape index (κ1) is 25.1. The molecule has 8 heteroatoms. The van der Waals surface area contributed by atoms with Gasteiger partial charge in [0, 0.05) is 24.7 Å². The molecule has 2 aromatic rings. The van der Waals surface area contributed by atoms with Gasteiger partial charge in [0.25, 0.3) is 5.91 Å². The highest BCUT2D eigenvalue weighted by Crippen LogP contribution is 2.29. The Morgan fingerprint density at radius 2 is 1.62 bits per heavy atom. The van der Waals surface area contributed by atoms with E-state index >= 15 is 0 Å². The molecule has 2 aliphatic rings. The minimum absolute atomic E-state index is 0.0330. The highest BCUT2D eigenvalue weighted by Gasteiger charge is 2.35. The molecule has 0 atom stereocenters. The van der Waals surface area contributed by atoms with Crippen LogP contribution < -0.4 is 9.47 Å². The molecule has 2 aliphatic heterocycles. The van der Waals surface area contributed by atoms with Crippen LogP contribution in [0.25, 0.3) is 0 Å². The van der Waals surface area contributed by atoms with Crippen molar-refractivity contribution in [3.63, 3.8) is 0 Å². The van der Waals surface area contributed by atoms with Crippen molar-refractivity contribution in [3.05, 3.63) is 58.1 Å². The fraction of sp³-hybridized carbons (Fsp3) is 0.500. The van der Waals surface area contributed by atoms with E-state index in [4.69, 9.17) is 32.7 Å². The summed E-state index contributed by atoms with van der Waals surface area (Å²) in [4.78, 5) is 17.1. The number of aliphatic hydroxyl groups is 1. The number of hydrogen-bond acceptors (Lipinski definition) is 5.